The number of rotatable bonds is 6. The Bertz CT molecular complexity index is 1320. The molecular formula is C26H19Cl3FNO4. The normalized spacial score (nSPS) is 17.2. The number of Topliss-reactive ketones (excluding diaryl/α,β-unsaturated/α-hetero) is 1. The summed E-state index contributed by atoms with van der Waals surface area (Å²) in [6.07, 6.45) is 0.365. The van der Waals surface area contributed by atoms with Crippen LogP contribution in [0.25, 0.3) is 5.76 Å². The Labute approximate surface area is 216 Å². The standard InChI is InChI=1S/C26H19Cl3FNO4/c1-35-25-19(12-17(28)13-20(25)29)23(32)21-22(15-4-6-16(27)7-5-15)31(26(34)24(21)33)11-10-14-2-8-18(30)9-3-14/h2-9,12-13,22,32H,10-11H2,1H3/b23-21+. The third-order valence-corrected chi connectivity index (χ3v) is 6.50. The molecule has 1 aliphatic rings. The number of ether oxygens (including phenoxy) is 1. The average Bonchev–Trinajstić information content (AvgIpc) is 3.08. The van der Waals surface area contributed by atoms with Crippen molar-refractivity contribution in [2.75, 3.05) is 13.7 Å². The van der Waals surface area contributed by atoms with Crippen molar-refractivity contribution in [3.8, 4) is 5.75 Å². The molecule has 0 aliphatic carbocycles. The zero-order valence-electron chi connectivity index (χ0n) is 18.4. The van der Waals surface area contributed by atoms with Crippen molar-refractivity contribution in [3.63, 3.8) is 0 Å². The number of carbonyl (C=O) groups is 2. The molecule has 3 aromatic carbocycles. The highest BCUT2D eigenvalue weighted by atomic mass is 35.5. The number of carbonyl (C=O) groups excluding carboxylic acids is 2. The van der Waals surface area contributed by atoms with Crippen LogP contribution in [0.15, 0.2) is 66.2 Å². The number of benzene rings is 3. The molecule has 4 rings (SSSR count). The van der Waals surface area contributed by atoms with Crippen LogP contribution >= 0.6 is 34.8 Å². The van der Waals surface area contributed by atoms with E-state index in [9.17, 15) is 19.1 Å². The smallest absolute Gasteiger partial charge is 0.295 e. The molecule has 5 nitrogen and oxygen atoms in total. The van der Waals surface area contributed by atoms with Crippen molar-refractivity contribution in [2.45, 2.75) is 12.5 Å². The lowest BCUT2D eigenvalue weighted by atomic mass is 9.95. The van der Waals surface area contributed by atoms with Crippen molar-refractivity contribution in [1.82, 2.24) is 4.90 Å². The van der Waals surface area contributed by atoms with Crippen LogP contribution in [-0.4, -0.2) is 35.4 Å². The lowest BCUT2D eigenvalue weighted by molar-refractivity contribution is -0.139. The summed E-state index contributed by atoms with van der Waals surface area (Å²) < 4.78 is 18.6. The quantitative estimate of drug-likeness (QED) is 0.224. The zero-order valence-corrected chi connectivity index (χ0v) is 20.7. The van der Waals surface area contributed by atoms with Crippen LogP contribution in [0.4, 0.5) is 4.39 Å². The number of hydrogen-bond donors (Lipinski definition) is 1. The van der Waals surface area contributed by atoms with Gasteiger partial charge in [0.1, 0.15) is 17.3 Å². The fraction of sp³-hybridized carbons (Fsp3) is 0.154. The van der Waals surface area contributed by atoms with Crippen LogP contribution < -0.4 is 4.74 Å². The van der Waals surface area contributed by atoms with Gasteiger partial charge in [0.25, 0.3) is 11.7 Å². The number of aliphatic hydroxyl groups excluding tert-OH is 1. The molecule has 1 heterocycles. The molecule has 9 heteroatoms. The predicted molar refractivity (Wildman–Crippen MR) is 134 cm³/mol. The number of aliphatic hydroxyl groups is 1. The van der Waals surface area contributed by atoms with Gasteiger partial charge in [-0.3, -0.25) is 9.59 Å². The summed E-state index contributed by atoms with van der Waals surface area (Å²) >= 11 is 18.4. The highest BCUT2D eigenvalue weighted by molar-refractivity contribution is 6.47. The van der Waals surface area contributed by atoms with Gasteiger partial charge < -0.3 is 14.7 Å². The minimum atomic E-state index is -0.907. The summed E-state index contributed by atoms with van der Waals surface area (Å²) in [5, 5.41) is 12.1. The maximum absolute atomic E-state index is 13.3. The Morgan fingerprint density at radius 2 is 1.66 bits per heavy atom. The Kier molecular flexibility index (Phi) is 7.36. The fourth-order valence-corrected chi connectivity index (χ4v) is 4.79. The van der Waals surface area contributed by atoms with Crippen LogP contribution in [0, 0.1) is 5.82 Å². The topological polar surface area (TPSA) is 66.8 Å². The van der Waals surface area contributed by atoms with E-state index in [1.165, 1.54) is 36.3 Å². The molecule has 1 aliphatic heterocycles. The van der Waals surface area contributed by atoms with Gasteiger partial charge in [0.2, 0.25) is 0 Å². The van der Waals surface area contributed by atoms with Gasteiger partial charge in [0.05, 0.1) is 29.3 Å². The van der Waals surface area contributed by atoms with Crippen molar-refractivity contribution in [1.29, 1.82) is 0 Å². The minimum Gasteiger partial charge on any atom is -0.507 e. The molecule has 1 atom stereocenters. The van der Waals surface area contributed by atoms with Crippen LogP contribution in [-0.2, 0) is 16.0 Å². The molecule has 0 bridgehead atoms. The van der Waals surface area contributed by atoms with Gasteiger partial charge in [-0.1, -0.05) is 59.1 Å². The third-order valence-electron chi connectivity index (χ3n) is 5.75. The first-order valence-electron chi connectivity index (χ1n) is 10.5. The van der Waals surface area contributed by atoms with E-state index >= 15 is 0 Å². The highest BCUT2D eigenvalue weighted by Gasteiger charge is 2.46. The molecule has 0 spiro atoms. The first-order chi connectivity index (χ1) is 16.7. The SMILES string of the molecule is COc1c(Cl)cc(Cl)cc1/C(O)=C1\C(=O)C(=O)N(CCc2ccc(F)cc2)C1c1ccc(Cl)cc1. The van der Waals surface area contributed by atoms with Gasteiger partial charge in [-0.25, -0.2) is 4.39 Å². The zero-order chi connectivity index (χ0) is 25.3. The molecule has 3 aromatic rings. The van der Waals surface area contributed by atoms with E-state index < -0.39 is 23.5 Å². The summed E-state index contributed by atoms with van der Waals surface area (Å²) in [6, 6.07) is 14.5. The van der Waals surface area contributed by atoms with E-state index in [0.29, 0.717) is 17.0 Å². The van der Waals surface area contributed by atoms with E-state index in [-0.39, 0.29) is 39.3 Å². The van der Waals surface area contributed by atoms with Crippen LogP contribution in [0.5, 0.6) is 5.75 Å². The van der Waals surface area contributed by atoms with Crippen molar-refractivity contribution in [3.05, 3.63) is 104 Å². The number of halogens is 4. The molecule has 1 amide bonds. The average molecular weight is 535 g/mol. The molecule has 180 valence electrons. The maximum atomic E-state index is 13.3. The highest BCUT2D eigenvalue weighted by Crippen LogP contribution is 2.43. The van der Waals surface area contributed by atoms with Gasteiger partial charge in [-0.05, 0) is 53.9 Å². The van der Waals surface area contributed by atoms with E-state index in [0.717, 1.165) is 5.56 Å². The van der Waals surface area contributed by atoms with E-state index in [2.05, 4.69) is 0 Å². The van der Waals surface area contributed by atoms with E-state index in [1.807, 2.05) is 0 Å². The van der Waals surface area contributed by atoms with E-state index in [1.54, 1.807) is 36.4 Å². The third kappa shape index (κ3) is 5.01. The number of nitrogens with zero attached hydrogens (tertiary/aromatic N) is 1. The lowest BCUT2D eigenvalue weighted by Crippen LogP contribution is -2.31. The summed E-state index contributed by atoms with van der Waals surface area (Å²) in [5.41, 5.74) is 1.31. The number of likely N-dealkylation sites (tertiary alicyclic amines) is 1. The first kappa shape index (κ1) is 25.0. The maximum Gasteiger partial charge on any atom is 0.295 e. The first-order valence-corrected chi connectivity index (χ1v) is 11.7. The van der Waals surface area contributed by atoms with Gasteiger partial charge >= 0.3 is 0 Å². The van der Waals surface area contributed by atoms with Crippen molar-refractivity contribution >= 4 is 52.3 Å². The summed E-state index contributed by atoms with van der Waals surface area (Å²) in [4.78, 5) is 27.7. The molecule has 0 radical (unpaired) electrons. The molecular weight excluding hydrogens is 516 g/mol. The molecule has 1 unspecified atom stereocenters. The van der Waals surface area contributed by atoms with Crippen LogP contribution in [0.1, 0.15) is 22.7 Å². The van der Waals surface area contributed by atoms with Gasteiger partial charge in [-0.2, -0.15) is 0 Å². The fourth-order valence-electron chi connectivity index (χ4n) is 4.09. The second-order valence-corrected chi connectivity index (χ2v) is 9.17. The molecule has 1 fully saturated rings. The van der Waals surface area contributed by atoms with Gasteiger partial charge in [0.15, 0.2) is 0 Å². The lowest BCUT2D eigenvalue weighted by Gasteiger charge is -2.25. The number of methoxy groups -OCH3 is 1. The Balaban J connectivity index is 1.84. The molecule has 0 saturated carbocycles. The monoisotopic (exact) mass is 533 g/mol. The Hall–Kier alpha value is -3.06. The number of ketones is 1. The molecule has 1 saturated heterocycles. The number of amides is 1. The second-order valence-electron chi connectivity index (χ2n) is 7.89. The molecule has 0 aromatic heterocycles. The van der Waals surface area contributed by atoms with Gasteiger partial charge in [-0.15, -0.1) is 0 Å². The molecule has 35 heavy (non-hydrogen) atoms. The summed E-state index contributed by atoms with van der Waals surface area (Å²) in [5.74, 6) is -2.36. The second kappa shape index (κ2) is 10.3. The summed E-state index contributed by atoms with van der Waals surface area (Å²) in [6.45, 7) is 0.147. The predicted octanol–water partition coefficient (Wildman–Crippen LogP) is 6.46. The Morgan fingerprint density at radius 3 is 2.29 bits per heavy atom. The summed E-state index contributed by atoms with van der Waals surface area (Å²) in [7, 11) is 1.36. The van der Waals surface area contributed by atoms with Crippen molar-refractivity contribution in [2.24, 2.45) is 0 Å². The Morgan fingerprint density at radius 1 is 1.00 bits per heavy atom. The van der Waals surface area contributed by atoms with Crippen molar-refractivity contribution < 1.29 is 23.8 Å². The minimum absolute atomic E-state index is 0.0838. The van der Waals surface area contributed by atoms with Crippen LogP contribution in [0.3, 0.4) is 0 Å². The molecule has 1 N–H and O–H groups in total. The van der Waals surface area contributed by atoms with Gasteiger partial charge in [0, 0.05) is 16.6 Å². The largest absolute Gasteiger partial charge is 0.507 e. The van der Waals surface area contributed by atoms with Crippen LogP contribution in [0.2, 0.25) is 15.1 Å². The number of hydrogen-bond acceptors (Lipinski definition) is 4. The van der Waals surface area contributed by atoms with E-state index in [4.69, 9.17) is 39.5 Å².